The third-order valence-electron chi connectivity index (χ3n) is 1.45. The Morgan fingerprint density at radius 3 is 2.40 bits per heavy atom. The summed E-state index contributed by atoms with van der Waals surface area (Å²) in [6.45, 7) is 3.87. The minimum Gasteiger partial charge on any atom is -0.318 e. The summed E-state index contributed by atoms with van der Waals surface area (Å²) in [5.74, 6) is -0.164. The second-order valence-electron chi connectivity index (χ2n) is 2.18. The fourth-order valence-electron chi connectivity index (χ4n) is 0.889. The SMILES string of the molecule is [CH2]CN1C(=O)CN(C)C1=O. The molecule has 4 nitrogen and oxygen atoms in total. The molecule has 0 unspecified atom stereocenters. The number of hydrogen-bond acceptors (Lipinski definition) is 2. The molecule has 1 heterocycles. The lowest BCUT2D eigenvalue weighted by atomic mass is 10.5. The van der Waals surface area contributed by atoms with Crippen molar-refractivity contribution < 1.29 is 9.59 Å². The molecule has 1 fully saturated rings. The lowest BCUT2D eigenvalue weighted by Gasteiger charge is -2.09. The van der Waals surface area contributed by atoms with E-state index < -0.39 is 0 Å². The molecule has 0 saturated carbocycles. The Kier molecular flexibility index (Phi) is 1.61. The molecule has 10 heavy (non-hydrogen) atoms. The van der Waals surface area contributed by atoms with Gasteiger partial charge in [0.15, 0.2) is 0 Å². The van der Waals surface area contributed by atoms with Crippen molar-refractivity contribution in [2.45, 2.75) is 0 Å². The van der Waals surface area contributed by atoms with E-state index in [0.29, 0.717) is 0 Å². The Morgan fingerprint density at radius 2 is 2.20 bits per heavy atom. The van der Waals surface area contributed by atoms with Gasteiger partial charge in [-0.25, -0.2) is 4.79 Å². The number of hydrogen-bond donors (Lipinski definition) is 0. The molecule has 1 rings (SSSR count). The molecule has 1 aliphatic rings. The molecule has 0 aromatic carbocycles. The van der Waals surface area contributed by atoms with E-state index in [9.17, 15) is 9.59 Å². The minimum absolute atomic E-state index is 0.164. The van der Waals surface area contributed by atoms with Crippen molar-refractivity contribution in [3.63, 3.8) is 0 Å². The summed E-state index contributed by atoms with van der Waals surface area (Å²) >= 11 is 0. The van der Waals surface area contributed by atoms with Crippen molar-refractivity contribution in [2.24, 2.45) is 0 Å². The van der Waals surface area contributed by atoms with Gasteiger partial charge in [-0.1, -0.05) is 0 Å². The van der Waals surface area contributed by atoms with Crippen molar-refractivity contribution in [2.75, 3.05) is 20.1 Å². The van der Waals surface area contributed by atoms with Crippen molar-refractivity contribution in [1.29, 1.82) is 0 Å². The topological polar surface area (TPSA) is 40.6 Å². The molecule has 0 aromatic heterocycles. The van der Waals surface area contributed by atoms with E-state index in [2.05, 4.69) is 6.92 Å². The van der Waals surface area contributed by atoms with Crippen LogP contribution < -0.4 is 0 Å². The molecule has 0 atom stereocenters. The van der Waals surface area contributed by atoms with Crippen LogP contribution in [0.5, 0.6) is 0 Å². The Labute approximate surface area is 59.4 Å². The predicted octanol–water partition coefficient (Wildman–Crippen LogP) is -0.286. The lowest BCUT2D eigenvalue weighted by molar-refractivity contribution is -0.124. The van der Waals surface area contributed by atoms with Crippen molar-refractivity contribution >= 4 is 11.9 Å². The molecule has 0 bridgehead atoms. The van der Waals surface area contributed by atoms with Crippen LogP contribution in [-0.2, 0) is 4.79 Å². The number of amides is 3. The first-order valence-corrected chi connectivity index (χ1v) is 3.01. The molecule has 0 aromatic rings. The monoisotopic (exact) mass is 141 g/mol. The van der Waals surface area contributed by atoms with Gasteiger partial charge in [-0.15, -0.1) is 0 Å². The average Bonchev–Trinajstić information content (AvgIpc) is 2.09. The van der Waals surface area contributed by atoms with Crippen LogP contribution in [0.4, 0.5) is 4.79 Å². The highest BCUT2D eigenvalue weighted by Crippen LogP contribution is 2.05. The summed E-state index contributed by atoms with van der Waals surface area (Å²) in [4.78, 5) is 24.3. The third-order valence-corrected chi connectivity index (χ3v) is 1.45. The van der Waals surface area contributed by atoms with Gasteiger partial charge in [0.2, 0.25) is 5.91 Å². The molecular weight excluding hydrogens is 132 g/mol. The molecule has 0 aliphatic carbocycles. The number of nitrogens with zero attached hydrogens (tertiary/aromatic N) is 2. The standard InChI is InChI=1S/C6H9N2O2/c1-3-8-5(9)4-7(2)6(8)10/h1,3-4H2,2H3. The maximum absolute atomic E-state index is 10.9. The number of imide groups is 1. The molecule has 3 amide bonds. The summed E-state index contributed by atoms with van der Waals surface area (Å²) in [6.07, 6.45) is 0. The summed E-state index contributed by atoms with van der Waals surface area (Å²) in [7, 11) is 1.59. The van der Waals surface area contributed by atoms with Crippen LogP contribution in [0, 0.1) is 6.92 Å². The van der Waals surface area contributed by atoms with Crippen molar-refractivity contribution in [3.8, 4) is 0 Å². The second kappa shape index (κ2) is 2.28. The Balaban J connectivity index is 2.74. The Bertz CT molecular complexity index is 179. The highest BCUT2D eigenvalue weighted by atomic mass is 16.2. The van der Waals surface area contributed by atoms with Crippen LogP contribution in [-0.4, -0.2) is 41.9 Å². The zero-order valence-corrected chi connectivity index (χ0v) is 5.83. The quantitative estimate of drug-likeness (QED) is 0.471. The van der Waals surface area contributed by atoms with Gasteiger partial charge in [-0.2, -0.15) is 0 Å². The van der Waals surface area contributed by atoms with Crippen LogP contribution in [0.15, 0.2) is 0 Å². The van der Waals surface area contributed by atoms with Crippen LogP contribution >= 0.6 is 0 Å². The first-order valence-electron chi connectivity index (χ1n) is 3.01. The van der Waals surface area contributed by atoms with Gasteiger partial charge < -0.3 is 4.90 Å². The fourth-order valence-corrected chi connectivity index (χ4v) is 0.889. The van der Waals surface area contributed by atoms with Gasteiger partial charge in [0.25, 0.3) is 0 Å². The molecule has 4 heteroatoms. The van der Waals surface area contributed by atoms with Crippen LogP contribution in [0.2, 0.25) is 0 Å². The smallest absolute Gasteiger partial charge is 0.318 e. The molecule has 0 N–H and O–H groups in total. The molecular formula is C6H9N2O2. The van der Waals surface area contributed by atoms with Gasteiger partial charge in [0, 0.05) is 13.6 Å². The van der Waals surface area contributed by atoms with Crippen LogP contribution in [0.1, 0.15) is 0 Å². The van der Waals surface area contributed by atoms with E-state index in [-0.39, 0.29) is 25.0 Å². The first kappa shape index (κ1) is 7.05. The molecule has 55 valence electrons. The maximum atomic E-state index is 10.9. The zero-order chi connectivity index (χ0) is 7.72. The minimum atomic E-state index is -0.250. The zero-order valence-electron chi connectivity index (χ0n) is 5.83. The van der Waals surface area contributed by atoms with E-state index in [1.807, 2.05) is 0 Å². The Hall–Kier alpha value is -1.06. The molecule has 0 spiro atoms. The molecule has 1 aliphatic heterocycles. The van der Waals surface area contributed by atoms with E-state index in [1.165, 1.54) is 4.90 Å². The van der Waals surface area contributed by atoms with E-state index in [1.54, 1.807) is 7.05 Å². The number of likely N-dealkylation sites (N-methyl/N-ethyl adjacent to an activating group) is 1. The van der Waals surface area contributed by atoms with E-state index in [0.717, 1.165) is 4.90 Å². The fraction of sp³-hybridized carbons (Fsp3) is 0.500. The van der Waals surface area contributed by atoms with Crippen LogP contribution in [0.3, 0.4) is 0 Å². The van der Waals surface area contributed by atoms with Gasteiger partial charge in [-0.05, 0) is 6.92 Å². The number of carbonyl (C=O) groups excluding carboxylic acids is 2. The normalized spacial score (nSPS) is 19.0. The predicted molar refractivity (Wildman–Crippen MR) is 35.1 cm³/mol. The van der Waals surface area contributed by atoms with Crippen molar-refractivity contribution in [1.82, 2.24) is 9.80 Å². The third kappa shape index (κ3) is 0.853. The van der Waals surface area contributed by atoms with Gasteiger partial charge in [-0.3, -0.25) is 9.69 Å². The maximum Gasteiger partial charge on any atom is 0.326 e. The van der Waals surface area contributed by atoms with Gasteiger partial charge in [0.1, 0.15) is 6.54 Å². The average molecular weight is 141 g/mol. The van der Waals surface area contributed by atoms with Gasteiger partial charge >= 0.3 is 6.03 Å². The largest absolute Gasteiger partial charge is 0.326 e. The molecule has 1 saturated heterocycles. The highest BCUT2D eigenvalue weighted by molar-refractivity contribution is 6.01. The summed E-state index contributed by atoms with van der Waals surface area (Å²) < 4.78 is 0. The number of rotatable bonds is 1. The number of carbonyl (C=O) groups is 2. The lowest BCUT2D eigenvalue weighted by Crippen LogP contribution is -2.31. The second-order valence-corrected chi connectivity index (χ2v) is 2.18. The number of urea groups is 1. The molecule has 1 radical (unpaired) electrons. The van der Waals surface area contributed by atoms with Crippen LogP contribution in [0.25, 0.3) is 0 Å². The first-order chi connectivity index (χ1) is 4.66. The van der Waals surface area contributed by atoms with E-state index >= 15 is 0 Å². The highest BCUT2D eigenvalue weighted by Gasteiger charge is 2.31. The van der Waals surface area contributed by atoms with Gasteiger partial charge in [0.05, 0.1) is 0 Å². The Morgan fingerprint density at radius 1 is 1.60 bits per heavy atom. The summed E-state index contributed by atoms with van der Waals surface area (Å²) in [5, 5.41) is 0. The summed E-state index contributed by atoms with van der Waals surface area (Å²) in [6, 6.07) is -0.250. The van der Waals surface area contributed by atoms with Crippen molar-refractivity contribution in [3.05, 3.63) is 6.92 Å². The summed E-state index contributed by atoms with van der Waals surface area (Å²) in [5.41, 5.74) is 0. The van der Waals surface area contributed by atoms with E-state index in [4.69, 9.17) is 0 Å².